The van der Waals surface area contributed by atoms with E-state index >= 15 is 0 Å². The topological polar surface area (TPSA) is 105 Å². The number of fused-ring (bicyclic) bond motifs is 1. The van der Waals surface area contributed by atoms with Gasteiger partial charge in [0.05, 0.1) is 11.3 Å². The van der Waals surface area contributed by atoms with E-state index in [0.29, 0.717) is 11.3 Å². The molecule has 0 spiro atoms. The van der Waals surface area contributed by atoms with E-state index in [1.165, 1.54) is 13.8 Å². The fourth-order valence-corrected chi connectivity index (χ4v) is 5.45. The Labute approximate surface area is 133 Å². The van der Waals surface area contributed by atoms with Gasteiger partial charge in [0, 0.05) is 6.20 Å². The van der Waals surface area contributed by atoms with Crippen LogP contribution in [0.3, 0.4) is 0 Å². The van der Waals surface area contributed by atoms with E-state index in [1.54, 1.807) is 31.3 Å². The van der Waals surface area contributed by atoms with Crippen LogP contribution in [0.25, 0.3) is 5.57 Å². The van der Waals surface area contributed by atoms with E-state index < -0.39 is 37.9 Å². The molecule has 23 heavy (non-hydrogen) atoms. The van der Waals surface area contributed by atoms with Crippen LogP contribution in [-0.2, 0) is 19.4 Å². The second-order valence-corrected chi connectivity index (χ2v) is 8.80. The Morgan fingerprint density at radius 3 is 2.52 bits per heavy atom. The van der Waals surface area contributed by atoms with Crippen LogP contribution in [-0.4, -0.2) is 51.4 Å². The fourth-order valence-electron chi connectivity index (χ4n) is 3.24. The maximum atomic E-state index is 12.8. The molecule has 8 heteroatoms. The van der Waals surface area contributed by atoms with Crippen molar-refractivity contribution < 1.29 is 23.1 Å². The van der Waals surface area contributed by atoms with Gasteiger partial charge >= 0.3 is 5.97 Å². The molecular weight excluding hydrogens is 320 g/mol. The normalized spacial score (nSPS) is 29.7. The maximum Gasteiger partial charge on any atom is 0.328 e. The highest BCUT2D eigenvalue weighted by molar-refractivity contribution is 7.94. The minimum atomic E-state index is -3.86. The van der Waals surface area contributed by atoms with E-state index in [4.69, 9.17) is 0 Å². The number of pyridine rings is 1. The Balaban J connectivity index is 2.18. The predicted molar refractivity (Wildman–Crippen MR) is 81.9 cm³/mol. The highest BCUT2D eigenvalue weighted by Crippen LogP contribution is 2.50. The molecule has 2 saturated heterocycles. The van der Waals surface area contributed by atoms with Crippen molar-refractivity contribution in [3.8, 4) is 0 Å². The average Bonchev–Trinajstić information content (AvgIpc) is 2.62. The Bertz CT molecular complexity index is 842. The summed E-state index contributed by atoms with van der Waals surface area (Å²) in [6, 6.07) is 3.75. The number of nitrogens with zero attached hydrogens (tertiary/aromatic N) is 2. The summed E-state index contributed by atoms with van der Waals surface area (Å²) in [5.41, 5.74) is 1.07. The largest absolute Gasteiger partial charge is 0.480 e. The molecule has 0 saturated carbocycles. The molecule has 3 rings (SSSR count). The second-order valence-electron chi connectivity index (χ2n) is 6.21. The number of hydrogen-bond acceptors (Lipinski definition) is 5. The molecule has 0 aromatic carbocycles. The molecule has 7 nitrogen and oxygen atoms in total. The first kappa shape index (κ1) is 15.7. The molecule has 1 aromatic heterocycles. The summed E-state index contributed by atoms with van der Waals surface area (Å²) in [5, 5.41) is 8.16. The zero-order valence-electron chi connectivity index (χ0n) is 12.8. The Hall–Kier alpha value is -2.22. The summed E-state index contributed by atoms with van der Waals surface area (Å²) in [6.45, 7) is 4.32. The highest BCUT2D eigenvalue weighted by atomic mass is 32.2. The van der Waals surface area contributed by atoms with Crippen LogP contribution in [0.15, 0.2) is 30.0 Å². The number of carbonyl (C=O) groups is 2. The average molecular weight is 336 g/mol. The van der Waals surface area contributed by atoms with Gasteiger partial charge < -0.3 is 10.0 Å². The summed E-state index contributed by atoms with van der Waals surface area (Å²) in [7, 11) is -3.86. The van der Waals surface area contributed by atoms with Gasteiger partial charge in [0.2, 0.25) is 0 Å². The molecule has 0 unspecified atom stereocenters. The monoisotopic (exact) mass is 336 g/mol. The van der Waals surface area contributed by atoms with Crippen molar-refractivity contribution in [2.75, 3.05) is 0 Å². The van der Waals surface area contributed by atoms with Crippen molar-refractivity contribution in [3.05, 3.63) is 35.7 Å². The first-order valence-corrected chi connectivity index (χ1v) is 8.58. The molecule has 0 radical (unpaired) electrons. The second kappa shape index (κ2) is 4.64. The van der Waals surface area contributed by atoms with Crippen molar-refractivity contribution in [2.24, 2.45) is 0 Å². The lowest BCUT2D eigenvalue weighted by Gasteiger charge is -2.39. The quantitative estimate of drug-likeness (QED) is 0.629. The number of hydrogen-bond donors (Lipinski definition) is 1. The van der Waals surface area contributed by atoms with Gasteiger partial charge in [-0.05, 0) is 38.5 Å². The third-order valence-electron chi connectivity index (χ3n) is 4.62. The van der Waals surface area contributed by atoms with Crippen molar-refractivity contribution in [1.29, 1.82) is 0 Å². The number of allylic oxidation sites excluding steroid dienone is 1. The van der Waals surface area contributed by atoms with Crippen LogP contribution in [0, 0.1) is 0 Å². The van der Waals surface area contributed by atoms with Gasteiger partial charge in [0.25, 0.3) is 5.91 Å². The summed E-state index contributed by atoms with van der Waals surface area (Å²) in [4.78, 5) is 29.0. The molecule has 0 bridgehead atoms. The third-order valence-corrected chi connectivity index (χ3v) is 7.36. The van der Waals surface area contributed by atoms with Crippen molar-refractivity contribution in [1.82, 2.24) is 9.88 Å². The zero-order chi connectivity index (χ0) is 17.2. The molecule has 1 N–H and O–H groups in total. The number of rotatable bonds is 2. The maximum absolute atomic E-state index is 12.8. The molecule has 1 amide bonds. The first-order chi connectivity index (χ1) is 10.6. The van der Waals surface area contributed by atoms with Crippen LogP contribution in [0.4, 0.5) is 0 Å². The van der Waals surface area contributed by atoms with Crippen molar-refractivity contribution in [2.45, 2.75) is 36.9 Å². The minimum Gasteiger partial charge on any atom is -0.480 e. The highest BCUT2D eigenvalue weighted by Gasteiger charge is 2.70. The predicted octanol–water partition coefficient (Wildman–Crippen LogP) is 0.684. The Kier molecular flexibility index (Phi) is 3.16. The lowest BCUT2D eigenvalue weighted by molar-refractivity contribution is -0.152. The SMILES string of the molecule is C/C(=C1\C(=O)N2[C@@H](C(=O)O)C(C)(C)S(=O)(=O)[C@H]12)c1ccccn1. The smallest absolute Gasteiger partial charge is 0.328 e. The van der Waals surface area contributed by atoms with E-state index in [2.05, 4.69) is 4.98 Å². The van der Waals surface area contributed by atoms with Crippen LogP contribution in [0.5, 0.6) is 0 Å². The number of aromatic nitrogens is 1. The van der Waals surface area contributed by atoms with E-state index in [0.717, 1.165) is 4.90 Å². The third kappa shape index (κ3) is 1.81. The van der Waals surface area contributed by atoms with E-state index in [-0.39, 0.29) is 5.57 Å². The first-order valence-electron chi connectivity index (χ1n) is 7.03. The summed E-state index contributed by atoms with van der Waals surface area (Å²) in [5.74, 6) is -1.87. The molecule has 2 fully saturated rings. The molecule has 0 aliphatic carbocycles. The van der Waals surface area contributed by atoms with Gasteiger partial charge in [0.15, 0.2) is 21.3 Å². The number of amides is 1. The van der Waals surface area contributed by atoms with Gasteiger partial charge in [-0.15, -0.1) is 0 Å². The van der Waals surface area contributed by atoms with Gasteiger partial charge in [-0.2, -0.15) is 0 Å². The van der Waals surface area contributed by atoms with Crippen molar-refractivity contribution in [3.63, 3.8) is 0 Å². The van der Waals surface area contributed by atoms with Crippen LogP contribution in [0.2, 0.25) is 0 Å². The van der Waals surface area contributed by atoms with Crippen LogP contribution >= 0.6 is 0 Å². The number of sulfone groups is 1. The molecule has 3 heterocycles. The molecule has 122 valence electrons. The summed E-state index contributed by atoms with van der Waals surface area (Å²) >= 11 is 0. The van der Waals surface area contributed by atoms with Gasteiger partial charge in [0.1, 0.15) is 4.75 Å². The van der Waals surface area contributed by atoms with Crippen molar-refractivity contribution >= 4 is 27.3 Å². The lowest BCUT2D eigenvalue weighted by Crippen LogP contribution is -2.59. The zero-order valence-corrected chi connectivity index (χ0v) is 13.7. The number of β-lactam (4-membered cyclic amide) rings is 1. The van der Waals surface area contributed by atoms with Gasteiger partial charge in [-0.3, -0.25) is 9.78 Å². The van der Waals surface area contributed by atoms with Crippen LogP contribution < -0.4 is 0 Å². The summed E-state index contributed by atoms with van der Waals surface area (Å²) < 4.78 is 24.0. The molecular formula is C15H16N2O5S. The fraction of sp³-hybridized carbons (Fsp3) is 0.400. The molecule has 1 aromatic rings. The lowest BCUT2D eigenvalue weighted by atomic mass is 9.92. The minimum absolute atomic E-state index is 0.112. The number of carbonyl (C=O) groups excluding carboxylic acids is 1. The molecule has 2 aliphatic heterocycles. The number of aliphatic carboxylic acids is 1. The number of carboxylic acids is 1. The summed E-state index contributed by atoms with van der Waals surface area (Å²) in [6.07, 6.45) is 1.55. The van der Waals surface area contributed by atoms with E-state index in [9.17, 15) is 23.1 Å². The Morgan fingerprint density at radius 2 is 2.00 bits per heavy atom. The van der Waals surface area contributed by atoms with Gasteiger partial charge in [-0.1, -0.05) is 6.07 Å². The van der Waals surface area contributed by atoms with E-state index in [1.807, 2.05) is 0 Å². The van der Waals surface area contributed by atoms with Gasteiger partial charge in [-0.25, -0.2) is 13.2 Å². The molecule has 2 aliphatic rings. The Morgan fingerprint density at radius 1 is 1.35 bits per heavy atom. The standard InChI is InChI=1S/C15H16N2O5S/c1-8(9-6-4-5-7-16-9)10-12(18)17-11(14(19)20)15(2,3)23(21,22)13(10)17/h4-7,11,13H,1-3H3,(H,19,20)/b10-8-/t11-,13+/m0/s1. The number of carboxylic acid groups (broad SMARTS) is 1. The van der Waals surface area contributed by atoms with Crippen LogP contribution in [0.1, 0.15) is 26.5 Å². The molecule has 2 atom stereocenters.